The maximum atomic E-state index is 10.8. The highest BCUT2D eigenvalue weighted by atomic mass is 16.3. The second kappa shape index (κ2) is 12.5. The van der Waals surface area contributed by atoms with Gasteiger partial charge in [0.2, 0.25) is 0 Å². The van der Waals surface area contributed by atoms with E-state index in [2.05, 4.69) is 28.2 Å². The molecule has 0 aromatic carbocycles. The van der Waals surface area contributed by atoms with Crippen LogP contribution in [0.4, 0.5) is 0 Å². The third-order valence-corrected chi connectivity index (χ3v) is 5.69. The molecule has 0 spiro atoms. The van der Waals surface area contributed by atoms with Crippen molar-refractivity contribution in [2.45, 2.75) is 89.0 Å². The van der Waals surface area contributed by atoms with Crippen molar-refractivity contribution in [1.29, 1.82) is 0 Å². The quantitative estimate of drug-likeness (QED) is 0.419. The van der Waals surface area contributed by atoms with E-state index >= 15 is 0 Å². The molecule has 0 bridgehead atoms. The standard InChI is InChI=1S/C21H39N3O3/c1-2-3-4-11-19(25)21(27)18-10-7-9-17-16-20(26)23-14-6-5-12-22-13-8-15-24(17)18/h7,10,17-19,21-22,25,27H,2-6,8-9,11-16H2,1H3,(H,23,26)/t17-,18-,19+,21-/m0/s1. The number of unbranched alkanes of at least 4 members (excludes halogenated alkanes) is 2. The summed E-state index contributed by atoms with van der Waals surface area (Å²) in [7, 11) is 0. The molecule has 0 aromatic heterocycles. The van der Waals surface area contributed by atoms with Crippen molar-refractivity contribution < 1.29 is 15.3 Å². The van der Waals surface area contributed by atoms with Crippen LogP contribution in [0.2, 0.25) is 0 Å². The molecule has 2 aliphatic heterocycles. The van der Waals surface area contributed by atoms with Crippen molar-refractivity contribution in [3.8, 4) is 0 Å². The highest BCUT2D eigenvalue weighted by Gasteiger charge is 2.35. The third-order valence-electron chi connectivity index (χ3n) is 5.69. The van der Waals surface area contributed by atoms with Gasteiger partial charge in [0.15, 0.2) is 5.90 Å². The Morgan fingerprint density at radius 1 is 1.22 bits per heavy atom. The number of aliphatic imine (C=N–C) groups is 1. The van der Waals surface area contributed by atoms with Gasteiger partial charge in [-0.05, 0) is 45.2 Å². The smallest absolute Gasteiger partial charge is 0.182 e. The van der Waals surface area contributed by atoms with Crippen LogP contribution in [0.25, 0.3) is 0 Å². The molecule has 0 aromatic rings. The van der Waals surface area contributed by atoms with Crippen LogP contribution in [0.1, 0.15) is 64.7 Å². The molecule has 2 heterocycles. The van der Waals surface area contributed by atoms with Gasteiger partial charge < -0.3 is 20.6 Å². The lowest BCUT2D eigenvalue weighted by atomic mass is 9.92. The first kappa shape index (κ1) is 22.3. The Balaban J connectivity index is 2.06. The number of nitrogens with zero attached hydrogens (tertiary/aromatic N) is 2. The molecule has 4 atom stereocenters. The summed E-state index contributed by atoms with van der Waals surface area (Å²) in [5, 5.41) is 35.0. The second-order valence-electron chi connectivity index (χ2n) is 7.91. The monoisotopic (exact) mass is 381 g/mol. The number of fused-ring (bicyclic) bond motifs is 1. The molecule has 2 rings (SSSR count). The predicted molar refractivity (Wildman–Crippen MR) is 110 cm³/mol. The van der Waals surface area contributed by atoms with Crippen LogP contribution in [0, 0.1) is 0 Å². The molecule has 27 heavy (non-hydrogen) atoms. The van der Waals surface area contributed by atoms with Crippen molar-refractivity contribution >= 4 is 5.90 Å². The normalized spacial score (nSPS) is 28.2. The summed E-state index contributed by atoms with van der Waals surface area (Å²) in [5.74, 6) is 0.212. The van der Waals surface area contributed by atoms with Crippen molar-refractivity contribution in [3.05, 3.63) is 12.2 Å². The number of aliphatic hydroxyl groups excluding tert-OH is 3. The van der Waals surface area contributed by atoms with Gasteiger partial charge in [0.25, 0.3) is 0 Å². The summed E-state index contributed by atoms with van der Waals surface area (Å²) in [4.78, 5) is 6.58. The van der Waals surface area contributed by atoms with Gasteiger partial charge in [-0.2, -0.15) is 0 Å². The maximum Gasteiger partial charge on any atom is 0.182 e. The van der Waals surface area contributed by atoms with Gasteiger partial charge in [-0.1, -0.05) is 38.3 Å². The van der Waals surface area contributed by atoms with Crippen molar-refractivity contribution in [2.75, 3.05) is 26.2 Å². The van der Waals surface area contributed by atoms with Gasteiger partial charge >= 0.3 is 0 Å². The molecule has 0 radical (unpaired) electrons. The number of aliphatic hydroxyl groups is 3. The van der Waals surface area contributed by atoms with Crippen LogP contribution in [-0.2, 0) is 0 Å². The zero-order valence-electron chi connectivity index (χ0n) is 16.9. The second-order valence-corrected chi connectivity index (χ2v) is 7.91. The van der Waals surface area contributed by atoms with Gasteiger partial charge in [0.05, 0.1) is 18.2 Å². The fraction of sp³-hybridized carbons (Fsp3) is 0.857. The van der Waals surface area contributed by atoms with Crippen molar-refractivity contribution in [1.82, 2.24) is 10.2 Å². The molecule has 0 saturated heterocycles. The highest BCUT2D eigenvalue weighted by Crippen LogP contribution is 2.25. The van der Waals surface area contributed by atoms with E-state index in [0.29, 0.717) is 19.4 Å². The summed E-state index contributed by atoms with van der Waals surface area (Å²) in [6.07, 6.45) is 10.7. The van der Waals surface area contributed by atoms with Crippen LogP contribution in [0.5, 0.6) is 0 Å². The largest absolute Gasteiger partial charge is 0.497 e. The lowest BCUT2D eigenvalue weighted by Crippen LogP contribution is -2.54. The molecular weight excluding hydrogens is 342 g/mol. The van der Waals surface area contributed by atoms with Gasteiger partial charge in [-0.15, -0.1) is 0 Å². The lowest BCUT2D eigenvalue weighted by molar-refractivity contribution is -0.0409. The predicted octanol–water partition coefficient (Wildman–Crippen LogP) is 2.41. The number of nitrogens with one attached hydrogen (secondary N) is 1. The third kappa shape index (κ3) is 7.53. The minimum Gasteiger partial charge on any atom is -0.497 e. The first-order valence-corrected chi connectivity index (χ1v) is 10.8. The van der Waals surface area contributed by atoms with Crippen LogP contribution in [0.3, 0.4) is 0 Å². The Morgan fingerprint density at radius 3 is 2.85 bits per heavy atom. The molecule has 0 unspecified atom stereocenters. The Kier molecular flexibility index (Phi) is 10.3. The van der Waals surface area contributed by atoms with E-state index in [4.69, 9.17) is 0 Å². The molecule has 156 valence electrons. The summed E-state index contributed by atoms with van der Waals surface area (Å²) in [6.45, 7) is 5.55. The van der Waals surface area contributed by atoms with Crippen molar-refractivity contribution in [3.63, 3.8) is 0 Å². The SMILES string of the molecule is CCCCC[C@@H](O)[C@@H](O)[C@@H]1C=CC[C@H]2CC(O)=NCCCCNCCCN21. The summed E-state index contributed by atoms with van der Waals surface area (Å²) >= 11 is 0. The molecule has 0 saturated carbocycles. The molecule has 6 heteroatoms. The minimum absolute atomic E-state index is 0.113. The van der Waals surface area contributed by atoms with E-state index < -0.39 is 12.2 Å². The average Bonchev–Trinajstić information content (AvgIpc) is 2.68. The summed E-state index contributed by atoms with van der Waals surface area (Å²) in [6, 6.07) is -0.0969. The molecule has 6 nitrogen and oxygen atoms in total. The Hall–Kier alpha value is -0.950. The topological polar surface area (TPSA) is 88.3 Å². The molecule has 2 aliphatic rings. The van der Waals surface area contributed by atoms with E-state index in [-0.39, 0.29) is 18.0 Å². The fourth-order valence-electron chi connectivity index (χ4n) is 4.07. The van der Waals surface area contributed by atoms with E-state index in [1.807, 2.05) is 6.08 Å². The summed E-state index contributed by atoms with van der Waals surface area (Å²) in [5.41, 5.74) is 0. The molecule has 0 aliphatic carbocycles. The Bertz CT molecular complexity index is 470. The van der Waals surface area contributed by atoms with Crippen molar-refractivity contribution in [2.24, 2.45) is 4.99 Å². The molecule has 4 N–H and O–H groups in total. The van der Waals surface area contributed by atoms with Crippen LogP contribution in [0.15, 0.2) is 17.1 Å². The fourth-order valence-corrected chi connectivity index (χ4v) is 4.07. The van der Waals surface area contributed by atoms with E-state index in [1.54, 1.807) is 0 Å². The minimum atomic E-state index is -0.802. The Morgan fingerprint density at radius 2 is 2.04 bits per heavy atom. The number of hydrogen-bond donors (Lipinski definition) is 4. The number of rotatable bonds is 6. The average molecular weight is 382 g/mol. The molecule has 0 amide bonds. The van der Waals surface area contributed by atoms with Gasteiger partial charge in [0.1, 0.15) is 0 Å². The van der Waals surface area contributed by atoms with Gasteiger partial charge in [-0.3, -0.25) is 9.89 Å². The van der Waals surface area contributed by atoms with E-state index in [1.165, 1.54) is 0 Å². The van der Waals surface area contributed by atoms with E-state index in [0.717, 1.165) is 64.6 Å². The zero-order valence-corrected chi connectivity index (χ0v) is 16.9. The maximum absolute atomic E-state index is 10.8. The van der Waals surface area contributed by atoms with Gasteiger partial charge in [-0.25, -0.2) is 0 Å². The zero-order chi connectivity index (χ0) is 19.5. The first-order valence-electron chi connectivity index (χ1n) is 10.8. The van der Waals surface area contributed by atoms with Gasteiger partial charge in [0, 0.05) is 25.6 Å². The molecule has 0 fully saturated rings. The van der Waals surface area contributed by atoms with E-state index in [9.17, 15) is 15.3 Å². The highest BCUT2D eigenvalue weighted by molar-refractivity contribution is 5.74. The summed E-state index contributed by atoms with van der Waals surface area (Å²) < 4.78 is 0. The number of hydrogen-bond acceptors (Lipinski definition) is 5. The lowest BCUT2D eigenvalue weighted by Gasteiger charge is -2.42. The molecular formula is C21H39N3O3. The van der Waals surface area contributed by atoms with Crippen LogP contribution in [-0.4, -0.2) is 76.6 Å². The Labute approximate surface area is 164 Å². The van der Waals surface area contributed by atoms with Crippen LogP contribution >= 0.6 is 0 Å². The van der Waals surface area contributed by atoms with Crippen LogP contribution < -0.4 is 5.32 Å². The first-order chi connectivity index (χ1) is 13.1.